The summed E-state index contributed by atoms with van der Waals surface area (Å²) in [4.78, 5) is 60.8. The third-order valence-electron chi connectivity index (χ3n) is 8.83. The summed E-state index contributed by atoms with van der Waals surface area (Å²) in [6, 6.07) is 2.19. The van der Waals surface area contributed by atoms with Crippen molar-refractivity contribution < 1.29 is 71.2 Å². The summed E-state index contributed by atoms with van der Waals surface area (Å²) in [7, 11) is 0. The molecule has 0 aromatic carbocycles. The third-order valence-corrected chi connectivity index (χ3v) is 8.83. The molecule has 3 aliphatic rings. The molecule has 29 heteroatoms. The highest BCUT2D eigenvalue weighted by atomic mass is 19.3. The zero-order chi connectivity index (χ0) is 44.3. The van der Waals surface area contributed by atoms with Gasteiger partial charge in [0, 0.05) is 18.5 Å². The molecule has 0 radical (unpaired) electrons. The molecule has 7 heterocycles. The number of rotatable bonds is 6. The minimum Gasteiger partial charge on any atom is -0.394 e. The van der Waals surface area contributed by atoms with Crippen LogP contribution >= 0.6 is 0 Å². The molecule has 3 saturated heterocycles. The first-order chi connectivity index (χ1) is 28.3. The molecule has 0 unspecified atom stereocenters. The standard InChI is InChI=1S/C11H11F2N5O4.C10H11F2N3O4.C10H10F2N2O5/c12-7(13)4-6(20)3(1-19)22-10(4)18-2-15-5-8(18)16-11(14)17-9(5)21;11-8(12)6-7(17)4(3-16)19-9(6)15-2-1-5(13)14-10(15)18;11-8(12)6-7(17)4(3-15)19-9(6)14-2-1-5(16)13-10(14)18/h2-3,6,10,19-20H,1H2,(H3,14,16,17,21);1-2,4,7,9,16-17H,3H2,(H2,13,14,18);1-2,4,7,9,15,17H,3H2,(H,13,16,18)/t3-,6-,10-;2*4-,7-,9-/m111/s1. The predicted octanol–water partition coefficient (Wildman–Crippen LogP) is -2.73. The van der Waals surface area contributed by atoms with Gasteiger partial charge >= 0.3 is 11.4 Å². The number of aliphatic hydroxyl groups excluding tert-OH is 6. The van der Waals surface area contributed by atoms with E-state index in [0.717, 1.165) is 33.9 Å². The van der Waals surface area contributed by atoms with Crippen LogP contribution < -0.4 is 34.0 Å². The van der Waals surface area contributed by atoms with Crippen LogP contribution in [-0.2, 0) is 14.2 Å². The van der Waals surface area contributed by atoms with E-state index in [0.29, 0.717) is 4.57 Å². The Bertz CT molecular complexity index is 2550. The van der Waals surface area contributed by atoms with Crippen LogP contribution in [0.3, 0.4) is 0 Å². The van der Waals surface area contributed by atoms with E-state index in [-0.39, 0.29) is 22.9 Å². The highest BCUT2D eigenvalue weighted by Crippen LogP contribution is 2.39. The second kappa shape index (κ2) is 18.5. The summed E-state index contributed by atoms with van der Waals surface area (Å²) >= 11 is 0. The lowest BCUT2D eigenvalue weighted by molar-refractivity contribution is -0.0448. The topological polar surface area (TPSA) is 354 Å². The summed E-state index contributed by atoms with van der Waals surface area (Å²) in [5, 5.41) is 55.9. The van der Waals surface area contributed by atoms with Gasteiger partial charge in [-0.2, -0.15) is 36.3 Å². The molecular weight excluding hydrogens is 834 g/mol. The summed E-state index contributed by atoms with van der Waals surface area (Å²) in [6.45, 7) is -2.00. The first kappa shape index (κ1) is 45.0. The second-order valence-corrected chi connectivity index (χ2v) is 12.4. The van der Waals surface area contributed by atoms with Gasteiger partial charge in [0.15, 0.2) is 29.8 Å². The third kappa shape index (κ3) is 8.92. The Kier molecular flexibility index (Phi) is 13.9. The first-order valence-corrected chi connectivity index (χ1v) is 16.7. The molecule has 3 fully saturated rings. The predicted molar refractivity (Wildman–Crippen MR) is 186 cm³/mol. The van der Waals surface area contributed by atoms with E-state index in [4.69, 9.17) is 41.0 Å². The van der Waals surface area contributed by atoms with Crippen LogP contribution in [0.15, 0.2) is 85.0 Å². The number of hydrogen-bond acceptors (Lipinski definition) is 18. The van der Waals surface area contributed by atoms with Gasteiger partial charge < -0.3 is 56.3 Å². The number of hydrogen-bond donors (Lipinski definition) is 10. The second-order valence-electron chi connectivity index (χ2n) is 12.4. The lowest BCUT2D eigenvalue weighted by Gasteiger charge is -2.14. The molecule has 23 nitrogen and oxygen atoms in total. The molecule has 0 saturated carbocycles. The molecular formula is C31H32F6N10O13. The molecule has 4 aromatic rings. The van der Waals surface area contributed by atoms with Crippen molar-refractivity contribution in [3.63, 3.8) is 0 Å². The highest BCUT2D eigenvalue weighted by molar-refractivity contribution is 5.70. The Hall–Kier alpha value is -6.05. The van der Waals surface area contributed by atoms with Gasteiger partial charge in [0.1, 0.15) is 42.4 Å². The first-order valence-electron chi connectivity index (χ1n) is 16.7. The lowest BCUT2D eigenvalue weighted by Crippen LogP contribution is -2.32. The fourth-order valence-electron chi connectivity index (χ4n) is 6.00. The molecule has 0 spiro atoms. The Labute approximate surface area is 327 Å². The molecule has 60 heavy (non-hydrogen) atoms. The molecule has 9 atom stereocenters. The zero-order valence-electron chi connectivity index (χ0n) is 29.9. The molecule has 3 aliphatic heterocycles. The van der Waals surface area contributed by atoms with Crippen LogP contribution in [0.1, 0.15) is 18.7 Å². The van der Waals surface area contributed by atoms with Crippen molar-refractivity contribution in [2.45, 2.75) is 55.3 Å². The van der Waals surface area contributed by atoms with E-state index in [1.54, 1.807) is 0 Å². The van der Waals surface area contributed by atoms with Gasteiger partial charge in [0.25, 0.3) is 29.4 Å². The monoisotopic (exact) mass is 866 g/mol. The fraction of sp³-hybridized carbons (Fsp3) is 0.387. The van der Waals surface area contributed by atoms with E-state index in [1.807, 2.05) is 4.98 Å². The minimum atomic E-state index is -2.20. The fourth-order valence-corrected chi connectivity index (χ4v) is 6.00. The molecule has 326 valence electrons. The Morgan fingerprint density at radius 1 is 0.667 bits per heavy atom. The number of anilines is 2. The summed E-state index contributed by atoms with van der Waals surface area (Å²) in [5.41, 5.74) is 5.05. The van der Waals surface area contributed by atoms with Gasteiger partial charge in [0.2, 0.25) is 5.95 Å². The molecule has 4 aromatic heterocycles. The summed E-state index contributed by atoms with van der Waals surface area (Å²) in [6.07, 6.45) is -16.7. The molecule has 0 bridgehead atoms. The minimum absolute atomic E-state index is 0.0650. The van der Waals surface area contributed by atoms with Crippen molar-refractivity contribution in [3.8, 4) is 0 Å². The number of aromatic amines is 2. The van der Waals surface area contributed by atoms with Crippen molar-refractivity contribution in [2.75, 3.05) is 31.3 Å². The lowest BCUT2D eigenvalue weighted by atomic mass is 10.1. The Morgan fingerprint density at radius 2 is 1.12 bits per heavy atom. The van der Waals surface area contributed by atoms with Crippen LogP contribution in [-0.4, -0.2) is 126 Å². The number of nitrogens with one attached hydrogen (secondary N) is 2. The Morgan fingerprint density at radius 3 is 1.55 bits per heavy atom. The molecule has 0 amide bonds. The maximum absolute atomic E-state index is 13.1. The normalized spacial score (nSPS) is 26.1. The van der Waals surface area contributed by atoms with Crippen molar-refractivity contribution >= 4 is 22.9 Å². The average molecular weight is 867 g/mol. The number of imidazole rings is 1. The smallest absolute Gasteiger partial charge is 0.351 e. The average Bonchev–Trinajstić information content (AvgIpc) is 3.93. The quantitative estimate of drug-likeness (QED) is 0.0879. The van der Waals surface area contributed by atoms with Gasteiger partial charge in [-0.25, -0.2) is 14.6 Å². The van der Waals surface area contributed by atoms with Crippen LogP contribution in [0, 0.1) is 0 Å². The molecule has 0 aliphatic carbocycles. The van der Waals surface area contributed by atoms with E-state index in [1.165, 1.54) is 6.07 Å². The van der Waals surface area contributed by atoms with E-state index in [2.05, 4.69) is 19.9 Å². The van der Waals surface area contributed by atoms with Gasteiger partial charge in [-0.05, 0) is 6.07 Å². The number of fused-ring (bicyclic) bond motifs is 1. The van der Waals surface area contributed by atoms with E-state index >= 15 is 0 Å². The van der Waals surface area contributed by atoms with Gasteiger partial charge in [-0.3, -0.25) is 33.3 Å². The number of ether oxygens (including phenoxy) is 3. The number of aliphatic hydroxyl groups is 6. The van der Waals surface area contributed by atoms with Gasteiger partial charge in [-0.15, -0.1) is 0 Å². The van der Waals surface area contributed by atoms with Crippen molar-refractivity contribution in [3.05, 3.63) is 107 Å². The van der Waals surface area contributed by atoms with E-state index in [9.17, 15) is 60.8 Å². The largest absolute Gasteiger partial charge is 0.394 e. The van der Waals surface area contributed by atoms with E-state index < -0.39 is 133 Å². The number of nitrogens with zero attached hydrogens (tertiary/aromatic N) is 6. The maximum atomic E-state index is 13.1. The number of halogens is 6. The SMILES string of the molecule is Nc1ccn([C@@H]2O[C@H](CO)[C@@H](O)C2=C(F)F)c(=O)n1.Nc1nc2c(ncn2[C@@H]2O[C@H](CO)[C@@H](O)C2=C(F)F)c(=O)[nH]1.O=c1ccn([C@@H]2O[C@H](CO)[C@@H](O)C2=C(F)F)c(=O)[nH]1. The Balaban J connectivity index is 0.000000171. The number of nitrogen functional groups attached to an aromatic ring is 2. The molecule has 12 N–H and O–H groups in total. The van der Waals surface area contributed by atoms with Crippen LogP contribution in [0.5, 0.6) is 0 Å². The van der Waals surface area contributed by atoms with Crippen LogP contribution in [0.2, 0.25) is 0 Å². The summed E-state index contributed by atoms with van der Waals surface area (Å²) in [5.74, 6) is -0.285. The van der Waals surface area contributed by atoms with Crippen molar-refractivity contribution in [1.82, 2.24) is 38.6 Å². The number of nitrogens with two attached hydrogens (primary N) is 2. The van der Waals surface area contributed by atoms with Gasteiger partial charge in [-0.1, -0.05) is 0 Å². The number of aromatic nitrogens is 8. The number of H-pyrrole nitrogens is 2. The van der Waals surface area contributed by atoms with Crippen LogP contribution in [0.4, 0.5) is 38.1 Å². The van der Waals surface area contributed by atoms with Crippen molar-refractivity contribution in [2.24, 2.45) is 0 Å². The highest BCUT2D eigenvalue weighted by Gasteiger charge is 2.45. The van der Waals surface area contributed by atoms with Gasteiger partial charge in [0.05, 0.1) is 42.9 Å². The van der Waals surface area contributed by atoms with Crippen molar-refractivity contribution in [1.29, 1.82) is 0 Å². The van der Waals surface area contributed by atoms with Crippen LogP contribution in [0.25, 0.3) is 11.2 Å². The summed E-state index contributed by atoms with van der Waals surface area (Å²) < 4.78 is 95.3. The maximum Gasteiger partial charge on any atom is 0.351 e. The zero-order valence-corrected chi connectivity index (χ0v) is 29.9. The molecule has 7 rings (SSSR count).